The van der Waals surface area contributed by atoms with E-state index < -0.39 is 11.7 Å². The van der Waals surface area contributed by atoms with Gasteiger partial charge in [0.1, 0.15) is 0 Å². The number of thioether (sulfide) groups is 1. The van der Waals surface area contributed by atoms with Crippen LogP contribution >= 0.6 is 11.8 Å². The number of halogens is 3. The summed E-state index contributed by atoms with van der Waals surface area (Å²) < 4.78 is 40.5. The molecule has 0 unspecified atom stereocenters. The van der Waals surface area contributed by atoms with Crippen molar-refractivity contribution in [1.29, 1.82) is 0 Å². The van der Waals surface area contributed by atoms with E-state index in [1.54, 1.807) is 22.3 Å². The first-order chi connectivity index (χ1) is 15.0. The van der Waals surface area contributed by atoms with E-state index in [-0.39, 0.29) is 0 Å². The molecule has 0 amide bonds. The van der Waals surface area contributed by atoms with Crippen LogP contribution in [0.3, 0.4) is 0 Å². The zero-order chi connectivity index (χ0) is 21.4. The SMILES string of the molecule is FC(F)(F)c1ccc(-c2cc3nnnn3c3cc(SCc4ccccc4)ccc23)cc1. The zero-order valence-corrected chi connectivity index (χ0v) is 16.9. The summed E-state index contributed by atoms with van der Waals surface area (Å²) in [4.78, 5) is 1.05. The van der Waals surface area contributed by atoms with Gasteiger partial charge in [-0.3, -0.25) is 0 Å². The van der Waals surface area contributed by atoms with Crippen molar-refractivity contribution in [3.63, 3.8) is 0 Å². The lowest BCUT2D eigenvalue weighted by atomic mass is 10.00. The van der Waals surface area contributed by atoms with Crippen LogP contribution in [0.5, 0.6) is 0 Å². The van der Waals surface area contributed by atoms with Crippen LogP contribution in [0.25, 0.3) is 27.7 Å². The molecule has 2 heterocycles. The second-order valence-corrected chi connectivity index (χ2v) is 8.08. The molecule has 4 nitrogen and oxygen atoms in total. The largest absolute Gasteiger partial charge is 0.416 e. The molecular formula is C23H15F3N4S. The predicted molar refractivity (Wildman–Crippen MR) is 115 cm³/mol. The number of alkyl halides is 3. The van der Waals surface area contributed by atoms with Crippen LogP contribution in [0.15, 0.2) is 83.8 Å². The summed E-state index contributed by atoms with van der Waals surface area (Å²) in [7, 11) is 0. The molecule has 0 saturated heterocycles. The number of pyridine rings is 1. The van der Waals surface area contributed by atoms with Crippen LogP contribution in [-0.4, -0.2) is 20.0 Å². The quantitative estimate of drug-likeness (QED) is 0.312. The Morgan fingerprint density at radius 3 is 2.39 bits per heavy atom. The maximum Gasteiger partial charge on any atom is 0.416 e. The van der Waals surface area contributed by atoms with Crippen molar-refractivity contribution in [2.24, 2.45) is 0 Å². The van der Waals surface area contributed by atoms with Gasteiger partial charge < -0.3 is 0 Å². The predicted octanol–water partition coefficient (Wildman–Crippen LogP) is 6.26. The third-order valence-corrected chi connectivity index (χ3v) is 6.09. The van der Waals surface area contributed by atoms with Crippen molar-refractivity contribution in [3.05, 3.63) is 90.0 Å². The number of hydrogen-bond donors (Lipinski definition) is 0. The fourth-order valence-electron chi connectivity index (χ4n) is 3.49. The van der Waals surface area contributed by atoms with Crippen molar-refractivity contribution in [2.45, 2.75) is 16.8 Å². The fourth-order valence-corrected chi connectivity index (χ4v) is 4.37. The van der Waals surface area contributed by atoms with Crippen molar-refractivity contribution in [1.82, 2.24) is 20.0 Å². The van der Waals surface area contributed by atoms with Gasteiger partial charge in [-0.25, -0.2) is 0 Å². The average Bonchev–Trinajstić information content (AvgIpc) is 3.26. The molecule has 154 valence electrons. The molecule has 2 aromatic heterocycles. The number of nitrogens with zero attached hydrogens (tertiary/aromatic N) is 4. The summed E-state index contributed by atoms with van der Waals surface area (Å²) in [5.74, 6) is 0.823. The monoisotopic (exact) mass is 436 g/mol. The Hall–Kier alpha value is -3.39. The van der Waals surface area contributed by atoms with Gasteiger partial charge in [0.05, 0.1) is 11.1 Å². The standard InChI is InChI=1S/C23H15F3N4S/c24-23(25,26)17-8-6-16(7-9-17)20-13-22-27-28-29-30(22)21-12-18(10-11-19(20)21)31-14-15-4-2-1-3-5-15/h1-13H,14H2. The van der Waals surface area contributed by atoms with Crippen LogP contribution in [-0.2, 0) is 11.9 Å². The van der Waals surface area contributed by atoms with E-state index in [0.717, 1.165) is 39.2 Å². The molecule has 0 spiro atoms. The minimum Gasteiger partial charge on any atom is -0.193 e. The highest BCUT2D eigenvalue weighted by atomic mass is 32.2. The molecule has 0 aliphatic rings. The van der Waals surface area contributed by atoms with E-state index in [9.17, 15) is 13.2 Å². The molecular weight excluding hydrogens is 421 g/mol. The van der Waals surface area contributed by atoms with E-state index in [4.69, 9.17) is 0 Å². The van der Waals surface area contributed by atoms with Crippen LogP contribution in [0.1, 0.15) is 11.1 Å². The molecule has 5 rings (SSSR count). The third kappa shape index (κ3) is 3.86. The second-order valence-electron chi connectivity index (χ2n) is 7.04. The number of benzene rings is 3. The van der Waals surface area contributed by atoms with Crippen molar-refractivity contribution < 1.29 is 13.2 Å². The molecule has 0 aliphatic heterocycles. The Balaban J connectivity index is 1.57. The molecule has 0 radical (unpaired) electrons. The molecule has 0 fully saturated rings. The minimum atomic E-state index is -4.37. The highest BCUT2D eigenvalue weighted by molar-refractivity contribution is 7.98. The van der Waals surface area contributed by atoms with Gasteiger partial charge in [-0.1, -0.05) is 48.5 Å². The molecule has 0 atom stereocenters. The molecule has 0 saturated carbocycles. The first-order valence-electron chi connectivity index (χ1n) is 9.48. The lowest BCUT2D eigenvalue weighted by molar-refractivity contribution is -0.137. The molecule has 0 N–H and O–H groups in total. The third-order valence-electron chi connectivity index (χ3n) is 5.03. The van der Waals surface area contributed by atoms with Crippen molar-refractivity contribution in [2.75, 3.05) is 0 Å². The molecule has 5 aromatic rings. The van der Waals surface area contributed by atoms with Crippen LogP contribution in [0.2, 0.25) is 0 Å². The average molecular weight is 436 g/mol. The summed E-state index contributed by atoms with van der Waals surface area (Å²) in [5, 5.41) is 12.8. The number of aromatic nitrogens is 4. The molecule has 3 aromatic carbocycles. The van der Waals surface area contributed by atoms with E-state index in [1.165, 1.54) is 17.7 Å². The zero-order valence-electron chi connectivity index (χ0n) is 16.0. The van der Waals surface area contributed by atoms with E-state index in [0.29, 0.717) is 11.2 Å². The normalized spacial score (nSPS) is 12.0. The summed E-state index contributed by atoms with van der Waals surface area (Å²) in [6.07, 6.45) is -4.37. The Morgan fingerprint density at radius 2 is 1.65 bits per heavy atom. The Kier molecular flexibility index (Phi) is 4.86. The van der Waals surface area contributed by atoms with Gasteiger partial charge in [-0.2, -0.15) is 17.7 Å². The van der Waals surface area contributed by atoms with E-state index >= 15 is 0 Å². The smallest absolute Gasteiger partial charge is 0.193 e. The Labute approximate surface area is 179 Å². The number of rotatable bonds is 4. The number of fused-ring (bicyclic) bond motifs is 3. The first kappa shape index (κ1) is 19.6. The first-order valence-corrected chi connectivity index (χ1v) is 10.5. The highest BCUT2D eigenvalue weighted by Crippen LogP contribution is 2.35. The molecule has 0 aliphatic carbocycles. The molecule has 0 bridgehead atoms. The number of tetrazole rings is 1. The van der Waals surface area contributed by atoms with Crippen LogP contribution in [0.4, 0.5) is 13.2 Å². The van der Waals surface area contributed by atoms with Crippen molar-refractivity contribution in [3.8, 4) is 11.1 Å². The number of hydrogen-bond acceptors (Lipinski definition) is 4. The fraction of sp³-hybridized carbons (Fsp3) is 0.0870. The second kappa shape index (κ2) is 7.70. The lowest BCUT2D eigenvalue weighted by Gasteiger charge is -2.11. The van der Waals surface area contributed by atoms with Crippen molar-refractivity contribution >= 4 is 28.3 Å². The lowest BCUT2D eigenvalue weighted by Crippen LogP contribution is -2.04. The van der Waals surface area contributed by atoms with E-state index in [1.807, 2.05) is 36.4 Å². The summed E-state index contributed by atoms with van der Waals surface area (Å²) >= 11 is 1.70. The maximum absolute atomic E-state index is 12.9. The Morgan fingerprint density at radius 1 is 0.871 bits per heavy atom. The van der Waals surface area contributed by atoms with Gasteiger partial charge in [0.25, 0.3) is 0 Å². The molecule has 31 heavy (non-hydrogen) atoms. The van der Waals surface area contributed by atoms with Crippen LogP contribution in [0, 0.1) is 0 Å². The van der Waals surface area contributed by atoms with Gasteiger partial charge in [0.15, 0.2) is 5.65 Å². The molecule has 8 heteroatoms. The Bertz CT molecular complexity index is 1360. The summed E-state index contributed by atoms with van der Waals surface area (Å²) in [5.41, 5.74) is 3.34. The van der Waals surface area contributed by atoms with Gasteiger partial charge >= 0.3 is 6.18 Å². The van der Waals surface area contributed by atoms with Gasteiger partial charge in [0.2, 0.25) is 0 Å². The summed E-state index contributed by atoms with van der Waals surface area (Å²) in [6, 6.07) is 23.1. The topological polar surface area (TPSA) is 43.1 Å². The van der Waals surface area contributed by atoms with Gasteiger partial charge in [-0.15, -0.1) is 16.9 Å². The van der Waals surface area contributed by atoms with E-state index in [2.05, 4.69) is 27.7 Å². The summed E-state index contributed by atoms with van der Waals surface area (Å²) in [6.45, 7) is 0. The van der Waals surface area contributed by atoms with Gasteiger partial charge in [0, 0.05) is 16.0 Å². The van der Waals surface area contributed by atoms with Gasteiger partial charge in [-0.05, 0) is 57.4 Å². The highest BCUT2D eigenvalue weighted by Gasteiger charge is 2.30. The minimum absolute atomic E-state index is 0.535. The van der Waals surface area contributed by atoms with Crippen LogP contribution < -0.4 is 0 Å². The maximum atomic E-state index is 12.9.